The predicted molar refractivity (Wildman–Crippen MR) is 115 cm³/mol. The molecular weight excluding hydrogens is 378 g/mol. The van der Waals surface area contributed by atoms with Crippen LogP contribution in [-0.2, 0) is 16.1 Å². The lowest BCUT2D eigenvalue weighted by atomic mass is 10.0. The number of imide groups is 1. The van der Waals surface area contributed by atoms with Gasteiger partial charge in [-0.1, -0.05) is 42.5 Å². The Labute approximate surface area is 174 Å². The zero-order valence-corrected chi connectivity index (χ0v) is 16.8. The zero-order valence-electron chi connectivity index (χ0n) is 16.8. The maximum Gasteiger partial charge on any atom is 0.278 e. The SMILES string of the molecule is COc1ccc(C)cc1NC1=C(c2ccccc2)C(=O)N(Cc2cccnc2)C1=O. The van der Waals surface area contributed by atoms with Crippen molar-refractivity contribution < 1.29 is 14.3 Å². The van der Waals surface area contributed by atoms with Gasteiger partial charge in [0, 0.05) is 12.4 Å². The zero-order chi connectivity index (χ0) is 21.1. The molecule has 6 heteroatoms. The fourth-order valence-electron chi connectivity index (χ4n) is 3.44. The van der Waals surface area contributed by atoms with Crippen molar-refractivity contribution in [1.82, 2.24) is 9.88 Å². The number of hydrogen-bond donors (Lipinski definition) is 1. The van der Waals surface area contributed by atoms with Crippen molar-refractivity contribution in [3.63, 3.8) is 0 Å². The van der Waals surface area contributed by atoms with Crippen LogP contribution in [0.5, 0.6) is 5.75 Å². The molecule has 0 saturated carbocycles. The number of hydrogen-bond acceptors (Lipinski definition) is 5. The van der Waals surface area contributed by atoms with Crippen LogP contribution < -0.4 is 10.1 Å². The van der Waals surface area contributed by atoms with E-state index in [4.69, 9.17) is 4.74 Å². The van der Waals surface area contributed by atoms with Gasteiger partial charge in [-0.3, -0.25) is 19.5 Å². The number of aryl methyl sites for hydroxylation is 1. The Hall–Kier alpha value is -3.93. The number of methoxy groups -OCH3 is 1. The predicted octanol–water partition coefficient (Wildman–Crippen LogP) is 3.79. The molecule has 0 spiro atoms. The van der Waals surface area contributed by atoms with Crippen LogP contribution in [0.4, 0.5) is 5.69 Å². The Balaban J connectivity index is 1.77. The number of ether oxygens (including phenoxy) is 1. The average Bonchev–Trinajstić information content (AvgIpc) is 2.99. The molecule has 0 aliphatic carbocycles. The standard InChI is InChI=1S/C24H21N3O3/c1-16-10-11-20(30-2)19(13-16)26-22-21(18-8-4-3-5-9-18)23(28)27(24(22)29)15-17-7-6-12-25-14-17/h3-14,26H,15H2,1-2H3. The molecule has 4 rings (SSSR count). The van der Waals surface area contributed by atoms with E-state index >= 15 is 0 Å². The summed E-state index contributed by atoms with van der Waals surface area (Å²) in [5.74, 6) is -0.137. The Bertz CT molecular complexity index is 1120. The van der Waals surface area contributed by atoms with Crippen LogP contribution in [0.1, 0.15) is 16.7 Å². The molecule has 0 fully saturated rings. The highest BCUT2D eigenvalue weighted by molar-refractivity contribution is 6.36. The van der Waals surface area contributed by atoms with Crippen LogP contribution in [0.15, 0.2) is 78.8 Å². The summed E-state index contributed by atoms with van der Waals surface area (Å²) in [6.45, 7) is 2.10. The van der Waals surface area contributed by atoms with Gasteiger partial charge in [-0.2, -0.15) is 0 Å². The Morgan fingerprint density at radius 3 is 2.50 bits per heavy atom. The number of carbonyl (C=O) groups excluding carboxylic acids is 2. The molecule has 150 valence electrons. The number of amides is 2. The maximum atomic E-state index is 13.3. The normalized spacial score (nSPS) is 13.7. The average molecular weight is 399 g/mol. The van der Waals surface area contributed by atoms with Crippen LogP contribution in [0.3, 0.4) is 0 Å². The van der Waals surface area contributed by atoms with Gasteiger partial charge in [-0.25, -0.2) is 0 Å². The topological polar surface area (TPSA) is 71.5 Å². The lowest BCUT2D eigenvalue weighted by molar-refractivity contribution is -0.137. The van der Waals surface area contributed by atoms with E-state index in [1.54, 1.807) is 25.6 Å². The van der Waals surface area contributed by atoms with Crippen LogP contribution >= 0.6 is 0 Å². The highest BCUT2D eigenvalue weighted by atomic mass is 16.5. The van der Waals surface area contributed by atoms with Crippen LogP contribution in [0.25, 0.3) is 5.57 Å². The lowest BCUT2D eigenvalue weighted by Gasteiger charge is -2.16. The summed E-state index contributed by atoms with van der Waals surface area (Å²) in [6.07, 6.45) is 3.31. The molecule has 1 N–H and O–H groups in total. The maximum absolute atomic E-state index is 13.3. The Kier molecular flexibility index (Phi) is 5.30. The largest absolute Gasteiger partial charge is 0.495 e. The first kappa shape index (κ1) is 19.4. The van der Waals surface area contributed by atoms with Crippen molar-refractivity contribution in [3.05, 3.63) is 95.4 Å². The van der Waals surface area contributed by atoms with E-state index in [-0.39, 0.29) is 24.1 Å². The van der Waals surface area contributed by atoms with Crippen LogP contribution in [-0.4, -0.2) is 28.8 Å². The van der Waals surface area contributed by atoms with Gasteiger partial charge < -0.3 is 10.1 Å². The first-order valence-corrected chi connectivity index (χ1v) is 9.55. The van der Waals surface area contributed by atoms with Crippen LogP contribution in [0, 0.1) is 6.92 Å². The molecule has 0 radical (unpaired) electrons. The van der Waals surface area contributed by atoms with Gasteiger partial charge in [-0.05, 0) is 41.8 Å². The van der Waals surface area contributed by atoms with Gasteiger partial charge in [0.15, 0.2) is 0 Å². The van der Waals surface area contributed by atoms with Crippen LogP contribution in [0.2, 0.25) is 0 Å². The van der Waals surface area contributed by atoms with Crippen molar-refractivity contribution in [2.75, 3.05) is 12.4 Å². The first-order valence-electron chi connectivity index (χ1n) is 9.55. The number of nitrogens with one attached hydrogen (secondary N) is 1. The molecule has 0 bridgehead atoms. The number of nitrogens with zero attached hydrogens (tertiary/aromatic N) is 2. The summed E-state index contributed by atoms with van der Waals surface area (Å²) >= 11 is 0. The van der Waals surface area contributed by atoms with E-state index in [9.17, 15) is 9.59 Å². The molecule has 1 aliphatic heterocycles. The highest BCUT2D eigenvalue weighted by Gasteiger charge is 2.39. The third kappa shape index (κ3) is 3.67. The molecule has 6 nitrogen and oxygen atoms in total. The molecule has 3 aromatic rings. The number of pyridine rings is 1. The lowest BCUT2D eigenvalue weighted by Crippen LogP contribution is -2.32. The summed E-state index contributed by atoms with van der Waals surface area (Å²) in [5, 5.41) is 3.17. The number of carbonyl (C=O) groups is 2. The Morgan fingerprint density at radius 1 is 1.00 bits per heavy atom. The number of rotatable bonds is 6. The minimum Gasteiger partial charge on any atom is -0.495 e. The van der Waals surface area contributed by atoms with Gasteiger partial charge in [0.1, 0.15) is 11.4 Å². The summed E-state index contributed by atoms with van der Waals surface area (Å²) in [6, 6.07) is 18.5. The molecule has 0 unspecified atom stereocenters. The molecule has 0 saturated heterocycles. The minimum atomic E-state index is -0.383. The summed E-state index contributed by atoms with van der Waals surface area (Å²) in [7, 11) is 1.57. The van der Waals surface area contributed by atoms with Gasteiger partial charge >= 0.3 is 0 Å². The summed E-state index contributed by atoms with van der Waals surface area (Å²) < 4.78 is 5.43. The quantitative estimate of drug-likeness (QED) is 0.639. The fraction of sp³-hybridized carbons (Fsp3) is 0.125. The van der Waals surface area contributed by atoms with E-state index in [1.807, 2.05) is 61.5 Å². The molecule has 2 amide bonds. The van der Waals surface area contributed by atoms with E-state index in [0.717, 1.165) is 11.1 Å². The molecular formula is C24H21N3O3. The second kappa shape index (κ2) is 8.21. The number of anilines is 1. The second-order valence-electron chi connectivity index (χ2n) is 7.00. The van der Waals surface area contributed by atoms with Crippen molar-refractivity contribution in [3.8, 4) is 5.75 Å². The fourth-order valence-corrected chi connectivity index (χ4v) is 3.44. The highest BCUT2D eigenvalue weighted by Crippen LogP contribution is 2.34. The van der Waals surface area contributed by atoms with Gasteiger partial charge in [0.2, 0.25) is 0 Å². The first-order chi connectivity index (χ1) is 14.6. The van der Waals surface area contributed by atoms with E-state index < -0.39 is 0 Å². The second-order valence-corrected chi connectivity index (χ2v) is 7.00. The molecule has 30 heavy (non-hydrogen) atoms. The molecule has 1 aromatic heterocycles. The molecule has 2 heterocycles. The minimum absolute atomic E-state index is 0.151. The summed E-state index contributed by atoms with van der Waals surface area (Å²) in [5.41, 5.74) is 3.67. The smallest absolute Gasteiger partial charge is 0.278 e. The van der Waals surface area contributed by atoms with Gasteiger partial charge in [0.25, 0.3) is 11.8 Å². The molecule has 1 aliphatic rings. The van der Waals surface area contributed by atoms with E-state index in [2.05, 4.69) is 10.3 Å². The van der Waals surface area contributed by atoms with Gasteiger partial charge in [-0.15, -0.1) is 0 Å². The Morgan fingerprint density at radius 2 is 1.80 bits per heavy atom. The van der Waals surface area contributed by atoms with Crippen molar-refractivity contribution >= 4 is 23.1 Å². The van der Waals surface area contributed by atoms with Crippen molar-refractivity contribution in [2.24, 2.45) is 0 Å². The number of benzene rings is 2. The van der Waals surface area contributed by atoms with Crippen molar-refractivity contribution in [2.45, 2.75) is 13.5 Å². The molecule has 2 aromatic carbocycles. The molecule has 0 atom stereocenters. The van der Waals surface area contributed by atoms with Crippen molar-refractivity contribution in [1.29, 1.82) is 0 Å². The monoisotopic (exact) mass is 399 g/mol. The van der Waals surface area contributed by atoms with Gasteiger partial charge in [0.05, 0.1) is 24.9 Å². The third-order valence-corrected chi connectivity index (χ3v) is 4.91. The summed E-state index contributed by atoms with van der Waals surface area (Å²) in [4.78, 5) is 31.9. The third-order valence-electron chi connectivity index (χ3n) is 4.91. The van der Waals surface area contributed by atoms with E-state index in [0.29, 0.717) is 22.6 Å². The van der Waals surface area contributed by atoms with E-state index in [1.165, 1.54) is 4.90 Å². The number of aromatic nitrogens is 1.